The van der Waals surface area contributed by atoms with Gasteiger partial charge in [-0.2, -0.15) is 0 Å². The van der Waals surface area contributed by atoms with E-state index in [-0.39, 0.29) is 17.7 Å². The van der Waals surface area contributed by atoms with Crippen LogP contribution < -0.4 is 4.74 Å². The number of hydrogen-bond donors (Lipinski definition) is 0. The molecular formula is C18H13Br2NO3S. The van der Waals surface area contributed by atoms with Crippen LogP contribution in [0.15, 0.2) is 56.3 Å². The molecule has 0 aromatic heterocycles. The van der Waals surface area contributed by atoms with Crippen molar-refractivity contribution in [3.63, 3.8) is 0 Å². The predicted molar refractivity (Wildman–Crippen MR) is 106 cm³/mol. The summed E-state index contributed by atoms with van der Waals surface area (Å²) < 4.78 is 7.10. The molecule has 25 heavy (non-hydrogen) atoms. The summed E-state index contributed by atoms with van der Waals surface area (Å²) in [4.78, 5) is 26.6. The first kappa shape index (κ1) is 18.2. The van der Waals surface area contributed by atoms with Gasteiger partial charge < -0.3 is 4.74 Å². The first-order valence-electron chi connectivity index (χ1n) is 7.31. The normalized spacial score (nSPS) is 16.0. The van der Waals surface area contributed by atoms with Crippen LogP contribution in [0.2, 0.25) is 0 Å². The molecule has 1 saturated heterocycles. The van der Waals surface area contributed by atoms with E-state index in [9.17, 15) is 9.59 Å². The minimum absolute atomic E-state index is 0.247. The highest BCUT2D eigenvalue weighted by Gasteiger charge is 2.35. The summed E-state index contributed by atoms with van der Waals surface area (Å²) in [6.07, 6.45) is 1.69. The van der Waals surface area contributed by atoms with Crippen LogP contribution in [0.3, 0.4) is 0 Å². The number of benzene rings is 2. The summed E-state index contributed by atoms with van der Waals surface area (Å²) in [5.74, 6) is 0.346. The Kier molecular flexibility index (Phi) is 5.66. The Hall–Kier alpha value is -1.57. The summed E-state index contributed by atoms with van der Waals surface area (Å²) in [6, 6.07) is 13.1. The van der Waals surface area contributed by atoms with Crippen molar-refractivity contribution in [1.82, 2.24) is 4.90 Å². The Labute approximate surface area is 166 Å². The van der Waals surface area contributed by atoms with Gasteiger partial charge in [-0.25, -0.2) is 0 Å². The molecule has 0 unspecified atom stereocenters. The highest BCUT2D eigenvalue weighted by molar-refractivity contribution is 9.10. The van der Waals surface area contributed by atoms with Crippen molar-refractivity contribution >= 4 is 60.8 Å². The third kappa shape index (κ3) is 4.16. The number of nitrogens with zero attached hydrogens (tertiary/aromatic N) is 1. The monoisotopic (exact) mass is 481 g/mol. The van der Waals surface area contributed by atoms with E-state index in [1.807, 2.05) is 42.5 Å². The molecule has 1 aliphatic heterocycles. The molecular weight excluding hydrogens is 470 g/mol. The van der Waals surface area contributed by atoms with E-state index in [0.29, 0.717) is 10.7 Å². The molecule has 0 atom stereocenters. The van der Waals surface area contributed by atoms with E-state index in [1.165, 1.54) is 4.90 Å². The van der Waals surface area contributed by atoms with Gasteiger partial charge in [0.2, 0.25) is 0 Å². The first-order chi connectivity index (χ1) is 12.0. The van der Waals surface area contributed by atoms with Gasteiger partial charge in [0.25, 0.3) is 11.1 Å². The van der Waals surface area contributed by atoms with Gasteiger partial charge in [-0.3, -0.25) is 14.5 Å². The number of hydrogen-bond acceptors (Lipinski definition) is 4. The number of carbonyl (C=O) groups excluding carboxylic acids is 2. The average Bonchev–Trinajstić information content (AvgIpc) is 2.83. The zero-order chi connectivity index (χ0) is 18.0. The van der Waals surface area contributed by atoms with Crippen molar-refractivity contribution in [2.24, 2.45) is 0 Å². The number of ether oxygens (including phenoxy) is 1. The molecule has 4 nitrogen and oxygen atoms in total. The molecule has 3 rings (SSSR count). The Bertz CT molecular complexity index is 882. The number of thioether (sulfide) groups is 1. The molecule has 7 heteroatoms. The number of amides is 2. The summed E-state index contributed by atoms with van der Waals surface area (Å²) in [5, 5.41) is -0.273. The van der Waals surface area contributed by atoms with E-state index in [1.54, 1.807) is 13.2 Å². The van der Waals surface area contributed by atoms with Crippen LogP contribution in [0.1, 0.15) is 11.1 Å². The second kappa shape index (κ2) is 7.76. The van der Waals surface area contributed by atoms with E-state index in [4.69, 9.17) is 4.74 Å². The number of halogens is 2. The number of rotatable bonds is 4. The third-order valence-electron chi connectivity index (χ3n) is 3.58. The average molecular weight is 483 g/mol. The number of methoxy groups -OCH3 is 1. The van der Waals surface area contributed by atoms with Gasteiger partial charge in [0, 0.05) is 14.5 Å². The zero-order valence-electron chi connectivity index (χ0n) is 13.2. The van der Waals surface area contributed by atoms with E-state index in [2.05, 4.69) is 31.9 Å². The maximum atomic E-state index is 12.6. The molecule has 1 aliphatic rings. The van der Waals surface area contributed by atoms with Crippen molar-refractivity contribution in [2.75, 3.05) is 7.11 Å². The maximum absolute atomic E-state index is 12.6. The fourth-order valence-electron chi connectivity index (χ4n) is 2.41. The largest absolute Gasteiger partial charge is 0.496 e. The maximum Gasteiger partial charge on any atom is 0.293 e. The van der Waals surface area contributed by atoms with Gasteiger partial charge in [0.1, 0.15) is 5.75 Å². The van der Waals surface area contributed by atoms with Crippen molar-refractivity contribution in [2.45, 2.75) is 6.54 Å². The van der Waals surface area contributed by atoms with E-state index in [0.717, 1.165) is 31.8 Å². The highest BCUT2D eigenvalue weighted by atomic mass is 79.9. The molecule has 128 valence electrons. The van der Waals surface area contributed by atoms with Crippen molar-refractivity contribution < 1.29 is 14.3 Å². The second-order valence-corrected chi connectivity index (χ2v) is 8.11. The molecule has 0 bridgehead atoms. The van der Waals surface area contributed by atoms with Gasteiger partial charge >= 0.3 is 0 Å². The lowest BCUT2D eigenvalue weighted by Gasteiger charge is -2.12. The molecule has 2 aromatic carbocycles. The minimum atomic E-state index is -0.294. The highest BCUT2D eigenvalue weighted by Crippen LogP contribution is 2.35. The van der Waals surface area contributed by atoms with Crippen molar-refractivity contribution in [3.8, 4) is 5.75 Å². The Morgan fingerprint density at radius 2 is 1.88 bits per heavy atom. The van der Waals surface area contributed by atoms with Crippen LogP contribution in [-0.2, 0) is 11.3 Å². The zero-order valence-corrected chi connectivity index (χ0v) is 17.2. The molecule has 2 aromatic rings. The quantitative estimate of drug-likeness (QED) is 0.543. The molecule has 1 fully saturated rings. The van der Waals surface area contributed by atoms with E-state index < -0.39 is 0 Å². The Morgan fingerprint density at radius 1 is 1.12 bits per heavy atom. The molecule has 0 N–H and O–H groups in total. The third-order valence-corrected chi connectivity index (χ3v) is 5.48. The fourth-order valence-corrected chi connectivity index (χ4v) is 4.07. The van der Waals surface area contributed by atoms with E-state index >= 15 is 0 Å². The molecule has 0 radical (unpaired) electrons. The molecule has 0 aliphatic carbocycles. The van der Waals surface area contributed by atoms with Gasteiger partial charge in [0.15, 0.2) is 0 Å². The van der Waals surface area contributed by atoms with Crippen LogP contribution in [-0.4, -0.2) is 23.2 Å². The van der Waals surface area contributed by atoms with Crippen molar-refractivity contribution in [3.05, 3.63) is 67.4 Å². The summed E-state index contributed by atoms with van der Waals surface area (Å²) >= 11 is 7.74. The lowest BCUT2D eigenvalue weighted by Crippen LogP contribution is -2.27. The van der Waals surface area contributed by atoms with Gasteiger partial charge in [0.05, 0.1) is 18.6 Å². The summed E-state index contributed by atoms with van der Waals surface area (Å²) in [6.45, 7) is 0.247. The first-order valence-corrected chi connectivity index (χ1v) is 9.71. The van der Waals surface area contributed by atoms with Crippen LogP contribution in [0.25, 0.3) is 6.08 Å². The molecule has 2 amide bonds. The Balaban J connectivity index is 1.87. The van der Waals surface area contributed by atoms with Gasteiger partial charge in [-0.15, -0.1) is 0 Å². The molecule has 0 spiro atoms. The summed E-state index contributed by atoms with van der Waals surface area (Å²) in [7, 11) is 1.57. The van der Waals surface area contributed by atoms with Crippen LogP contribution in [0.5, 0.6) is 5.75 Å². The lowest BCUT2D eigenvalue weighted by molar-refractivity contribution is -0.123. The Morgan fingerprint density at radius 3 is 2.60 bits per heavy atom. The second-order valence-electron chi connectivity index (χ2n) is 5.28. The predicted octanol–water partition coefficient (Wildman–Crippen LogP) is 5.46. The smallest absolute Gasteiger partial charge is 0.293 e. The van der Waals surface area contributed by atoms with Crippen LogP contribution >= 0.6 is 43.6 Å². The van der Waals surface area contributed by atoms with Crippen LogP contribution in [0.4, 0.5) is 4.79 Å². The lowest BCUT2D eigenvalue weighted by atomic mass is 10.1. The fraction of sp³-hybridized carbons (Fsp3) is 0.111. The minimum Gasteiger partial charge on any atom is -0.496 e. The van der Waals surface area contributed by atoms with Crippen LogP contribution in [0, 0.1) is 0 Å². The standard InChI is InChI=1S/C18H13Br2NO3S/c1-24-15-6-5-14(20)8-12(15)9-16-17(22)21(18(23)25-16)10-11-3-2-4-13(19)7-11/h2-9H,10H2,1H3/b16-9+. The van der Waals surface area contributed by atoms with Crippen molar-refractivity contribution in [1.29, 1.82) is 0 Å². The van der Waals surface area contributed by atoms with Gasteiger partial charge in [-0.05, 0) is 53.7 Å². The summed E-state index contributed by atoms with van der Waals surface area (Å²) in [5.41, 5.74) is 1.63. The SMILES string of the molecule is COc1ccc(Br)cc1/C=C1/SC(=O)N(Cc2cccc(Br)c2)C1=O. The topological polar surface area (TPSA) is 46.6 Å². The molecule has 0 saturated carbocycles. The van der Waals surface area contributed by atoms with Gasteiger partial charge in [-0.1, -0.05) is 44.0 Å². The number of imide groups is 1. The molecule has 1 heterocycles. The number of carbonyl (C=O) groups is 2.